The van der Waals surface area contributed by atoms with E-state index in [0.29, 0.717) is 24.3 Å². The maximum absolute atomic E-state index is 16.6. The Hall–Kier alpha value is -4.51. The van der Waals surface area contributed by atoms with E-state index in [1.54, 1.807) is 0 Å². The van der Waals surface area contributed by atoms with Gasteiger partial charge in [0.25, 0.3) is 0 Å². The summed E-state index contributed by atoms with van der Waals surface area (Å²) in [7, 11) is 1.54. The summed E-state index contributed by atoms with van der Waals surface area (Å²) in [5.74, 6) is 3.67. The van der Waals surface area contributed by atoms with Gasteiger partial charge in [-0.3, -0.25) is 0 Å². The number of methoxy groups -OCH3 is 1. The first-order valence-electron chi connectivity index (χ1n) is 12.8. The minimum Gasteiger partial charge on any atom is -0.508 e. The number of benzene rings is 2. The lowest BCUT2D eigenvalue weighted by Crippen LogP contribution is -2.51. The number of hydrogen-bond donors (Lipinski definition) is 2. The monoisotopic (exact) mass is 541 g/mol. The first kappa shape index (κ1) is 25.8. The van der Waals surface area contributed by atoms with Crippen molar-refractivity contribution in [2.75, 3.05) is 38.3 Å². The van der Waals surface area contributed by atoms with Crippen molar-refractivity contribution < 1.29 is 23.4 Å². The number of nitrogens with one attached hydrogen (secondary N) is 1. The second-order valence-electron chi connectivity index (χ2n) is 9.86. The molecule has 202 valence electrons. The third kappa shape index (κ3) is 4.32. The first-order chi connectivity index (χ1) is 19.4. The Morgan fingerprint density at radius 1 is 1.05 bits per heavy atom. The van der Waals surface area contributed by atoms with Crippen LogP contribution in [0.15, 0.2) is 24.3 Å². The van der Waals surface area contributed by atoms with Crippen molar-refractivity contribution in [1.29, 1.82) is 0 Å². The molecule has 0 spiro atoms. The fourth-order valence-electron chi connectivity index (χ4n) is 5.65. The average molecular weight is 542 g/mol. The second-order valence-corrected chi connectivity index (χ2v) is 9.86. The van der Waals surface area contributed by atoms with Crippen molar-refractivity contribution in [3.8, 4) is 47.7 Å². The van der Waals surface area contributed by atoms with Gasteiger partial charge in [0.05, 0.1) is 17.6 Å². The molecule has 10 heteroatoms. The van der Waals surface area contributed by atoms with Crippen molar-refractivity contribution in [1.82, 2.24) is 20.3 Å². The molecule has 2 saturated heterocycles. The molecule has 0 radical (unpaired) electrons. The van der Waals surface area contributed by atoms with E-state index in [4.69, 9.17) is 22.3 Å². The summed E-state index contributed by atoms with van der Waals surface area (Å²) in [5.41, 5.74) is -0.224. The number of pyridine rings is 1. The molecule has 6 rings (SSSR count). The molecule has 2 unspecified atom stereocenters. The van der Waals surface area contributed by atoms with Crippen molar-refractivity contribution in [2.24, 2.45) is 0 Å². The molecular formula is C30H25F2N5O3. The number of hydrogen-bond acceptors (Lipinski definition) is 8. The molecule has 0 saturated carbocycles. The van der Waals surface area contributed by atoms with Crippen LogP contribution in [0.25, 0.3) is 32.9 Å². The van der Waals surface area contributed by atoms with Crippen molar-refractivity contribution >= 4 is 27.5 Å². The maximum Gasteiger partial charge on any atom is 0.319 e. The zero-order chi connectivity index (χ0) is 28.0. The number of piperazine rings is 1. The van der Waals surface area contributed by atoms with E-state index >= 15 is 4.39 Å². The molecule has 0 amide bonds. The predicted molar refractivity (Wildman–Crippen MR) is 147 cm³/mol. The summed E-state index contributed by atoms with van der Waals surface area (Å²) in [6.45, 7) is 1.73. The van der Waals surface area contributed by atoms with Crippen LogP contribution in [0.5, 0.6) is 11.8 Å². The topological polar surface area (TPSA) is 92.6 Å². The van der Waals surface area contributed by atoms with Gasteiger partial charge in [0.15, 0.2) is 5.82 Å². The lowest BCUT2D eigenvalue weighted by molar-refractivity contribution is 0.141. The number of phenols is 1. The fraction of sp³-hybridized carbons (Fsp3) is 0.300. The molecule has 2 aliphatic rings. The summed E-state index contributed by atoms with van der Waals surface area (Å²) >= 11 is 0. The Kier molecular flexibility index (Phi) is 6.59. The van der Waals surface area contributed by atoms with Crippen molar-refractivity contribution in [3.63, 3.8) is 0 Å². The van der Waals surface area contributed by atoms with Crippen LogP contribution in [0, 0.1) is 36.3 Å². The maximum atomic E-state index is 16.6. The third-order valence-corrected chi connectivity index (χ3v) is 7.37. The normalized spacial score (nSPS) is 18.2. The number of ether oxygens (including phenoxy) is 2. The van der Waals surface area contributed by atoms with E-state index in [0.717, 1.165) is 12.8 Å². The minimum atomic E-state index is -0.827. The summed E-state index contributed by atoms with van der Waals surface area (Å²) in [5, 5.41) is 14.9. The Bertz CT molecular complexity index is 1730. The molecule has 0 aliphatic carbocycles. The molecule has 2 aliphatic heterocycles. The number of terminal acetylenes is 2. The van der Waals surface area contributed by atoms with E-state index in [1.165, 1.54) is 31.4 Å². The number of rotatable bonds is 6. The van der Waals surface area contributed by atoms with E-state index in [2.05, 4.69) is 37.0 Å². The highest BCUT2D eigenvalue weighted by molar-refractivity contribution is 6.04. The van der Waals surface area contributed by atoms with Crippen LogP contribution in [-0.2, 0) is 4.74 Å². The second kappa shape index (κ2) is 10.2. The number of aromatic nitrogens is 3. The van der Waals surface area contributed by atoms with E-state index in [1.807, 2.05) is 0 Å². The van der Waals surface area contributed by atoms with E-state index in [9.17, 15) is 9.50 Å². The predicted octanol–water partition coefficient (Wildman–Crippen LogP) is 3.76. The largest absolute Gasteiger partial charge is 0.508 e. The Balaban J connectivity index is 1.63. The summed E-state index contributed by atoms with van der Waals surface area (Å²) < 4.78 is 42.1. The van der Waals surface area contributed by atoms with Crippen LogP contribution in [-0.4, -0.2) is 65.6 Å². The van der Waals surface area contributed by atoms with Gasteiger partial charge in [-0.25, -0.2) is 13.8 Å². The summed E-state index contributed by atoms with van der Waals surface area (Å²) in [6, 6.07) is 5.85. The van der Waals surface area contributed by atoms with Gasteiger partial charge < -0.3 is 24.8 Å². The standard InChI is InChI=1S/C30H25F2N5O3/c1-4-20-22(31)9-6-16-12-19(38)13-21(24(16)20)27-26(32)28-25(23(5-2)34-27)29(36-30(35-28)40-11-10-39-3)37-14-17-7-8-18(15-37)33-17/h1-2,6,9,12-13,17-18,33,38H,7-8,10-11,14-15H2,3H3. The van der Waals surface area contributed by atoms with Gasteiger partial charge >= 0.3 is 6.01 Å². The van der Waals surface area contributed by atoms with Crippen molar-refractivity contribution in [2.45, 2.75) is 24.9 Å². The first-order valence-corrected chi connectivity index (χ1v) is 12.8. The molecule has 4 aromatic rings. The van der Waals surface area contributed by atoms with Crippen LogP contribution in [0.1, 0.15) is 24.1 Å². The molecule has 2 N–H and O–H groups in total. The fourth-order valence-corrected chi connectivity index (χ4v) is 5.65. The minimum absolute atomic E-state index is 0.0411. The van der Waals surface area contributed by atoms with E-state index in [-0.39, 0.29) is 75.9 Å². The number of halogens is 2. The van der Waals surface area contributed by atoms with Gasteiger partial charge in [0.1, 0.15) is 40.9 Å². The Morgan fingerprint density at radius 2 is 1.82 bits per heavy atom. The molecule has 2 aromatic heterocycles. The highest BCUT2D eigenvalue weighted by atomic mass is 19.1. The van der Waals surface area contributed by atoms with Gasteiger partial charge in [0.2, 0.25) is 0 Å². The average Bonchev–Trinajstić information content (AvgIpc) is 3.30. The van der Waals surface area contributed by atoms with Gasteiger partial charge in [-0.2, -0.15) is 9.97 Å². The molecule has 2 atom stereocenters. The van der Waals surface area contributed by atoms with Crippen molar-refractivity contribution in [3.05, 3.63) is 47.2 Å². The zero-order valence-electron chi connectivity index (χ0n) is 21.7. The number of phenolic OH excluding ortho intramolecular Hbond substituents is 1. The number of fused-ring (bicyclic) bond motifs is 4. The van der Waals surface area contributed by atoms with Crippen LogP contribution < -0.4 is 15.0 Å². The Morgan fingerprint density at radius 3 is 2.52 bits per heavy atom. The molecule has 2 aromatic carbocycles. The SMILES string of the molecule is C#Cc1c(F)ccc2cc(O)cc(-c3nc(C#C)c4c(N5CC6CCC(C5)N6)nc(OCCOC)nc4c3F)c12. The smallest absolute Gasteiger partial charge is 0.319 e. The highest BCUT2D eigenvalue weighted by Crippen LogP contribution is 2.40. The molecule has 4 heterocycles. The van der Waals surface area contributed by atoms with E-state index < -0.39 is 11.6 Å². The van der Waals surface area contributed by atoms with Crippen LogP contribution in [0.4, 0.5) is 14.6 Å². The quantitative estimate of drug-likeness (QED) is 0.282. The van der Waals surface area contributed by atoms with Gasteiger partial charge in [-0.1, -0.05) is 12.0 Å². The van der Waals surface area contributed by atoms with Crippen LogP contribution in [0.2, 0.25) is 0 Å². The van der Waals surface area contributed by atoms with Gasteiger partial charge in [0, 0.05) is 43.2 Å². The third-order valence-electron chi connectivity index (χ3n) is 7.37. The van der Waals surface area contributed by atoms with Crippen LogP contribution >= 0.6 is 0 Å². The molecular weight excluding hydrogens is 516 g/mol. The van der Waals surface area contributed by atoms with Crippen LogP contribution in [0.3, 0.4) is 0 Å². The number of aromatic hydroxyl groups is 1. The summed E-state index contributed by atoms with van der Waals surface area (Å²) in [4.78, 5) is 15.6. The number of anilines is 1. The molecule has 2 fully saturated rings. The number of nitrogens with zero attached hydrogens (tertiary/aromatic N) is 4. The molecule has 2 bridgehead atoms. The Labute approximate surface area is 229 Å². The van der Waals surface area contributed by atoms with Gasteiger partial charge in [-0.15, -0.1) is 12.8 Å². The lowest BCUT2D eigenvalue weighted by Gasteiger charge is -2.34. The summed E-state index contributed by atoms with van der Waals surface area (Å²) in [6.07, 6.45) is 13.6. The zero-order valence-corrected chi connectivity index (χ0v) is 21.7. The molecule has 8 nitrogen and oxygen atoms in total. The van der Waals surface area contributed by atoms with Gasteiger partial charge in [-0.05, 0) is 42.3 Å². The lowest BCUT2D eigenvalue weighted by atomic mass is 9.95. The highest BCUT2D eigenvalue weighted by Gasteiger charge is 2.35. The molecule has 40 heavy (non-hydrogen) atoms.